The van der Waals surface area contributed by atoms with Crippen molar-refractivity contribution >= 4 is 31.3 Å². The summed E-state index contributed by atoms with van der Waals surface area (Å²) in [7, 11) is -21.6. The van der Waals surface area contributed by atoms with Crippen molar-refractivity contribution in [3.05, 3.63) is 0 Å². The first kappa shape index (κ1) is 50.6. The fourth-order valence-corrected chi connectivity index (χ4v) is 0. The van der Waals surface area contributed by atoms with Gasteiger partial charge in [-0.2, -0.15) is 31.3 Å². The van der Waals surface area contributed by atoms with E-state index in [-0.39, 0.29) is 84.8 Å². The van der Waals surface area contributed by atoms with Crippen LogP contribution in [0.5, 0.6) is 0 Å². The van der Waals surface area contributed by atoms with Gasteiger partial charge < -0.3 is 83.1 Å². The second kappa shape index (κ2) is 22.3. The Morgan fingerprint density at radius 2 is 0.333 bits per heavy atom. The molecule has 0 rings (SSSR count). The summed E-state index contributed by atoms with van der Waals surface area (Å²) in [6.07, 6.45) is 0. The van der Waals surface area contributed by atoms with Gasteiger partial charge in [0.2, 0.25) is 0 Å². The molecule has 0 aliphatic rings. The molecule has 0 radical (unpaired) electrons. The van der Waals surface area contributed by atoms with Crippen LogP contribution in [-0.4, -0.2) is 0 Å². The van der Waals surface area contributed by atoms with Crippen molar-refractivity contribution in [2.75, 3.05) is 0 Å². The third-order valence-corrected chi connectivity index (χ3v) is 0. The van der Waals surface area contributed by atoms with E-state index in [4.69, 9.17) is 77.0 Å². The average Bonchev–Trinajstić information content (AvgIpc) is 1.62. The molecule has 0 unspecified atom stereocenters. The molecule has 0 aromatic carbocycles. The molecule has 3 N–H and O–H groups in total. The van der Waals surface area contributed by atoms with Crippen molar-refractivity contribution in [3.8, 4) is 0 Å². The maximum atomic E-state index is 8.55. The Bertz CT molecular complexity index is 298. The zero-order chi connectivity index (χ0) is 18.0. The van der Waals surface area contributed by atoms with Crippen LogP contribution in [0.3, 0.4) is 0 Å². The number of hydrogen-bond donors (Lipinski definition) is 1. The van der Waals surface area contributed by atoms with E-state index >= 15 is 0 Å². The van der Waals surface area contributed by atoms with Gasteiger partial charge in [0.1, 0.15) is 0 Å². The van der Waals surface area contributed by atoms with Crippen LogP contribution >= 0.6 is 31.3 Å². The topological polar surface area (TPSA) is 380 Å². The van der Waals surface area contributed by atoms with Gasteiger partial charge >= 0.3 is 78.6 Å². The SMILES string of the molecule is N.O=P([O-])([O-])[O-].O=P([O-])([O-])[O-].O=P([O-])([O-])[O-].O=P([O-])([O-])[O-].[Zr+4].[Zr+4].[Zr+4]. The minimum absolute atomic E-state index is 0. The quantitative estimate of drug-likeness (QED) is 0.234. The van der Waals surface area contributed by atoms with Gasteiger partial charge in [-0.25, -0.2) is 0 Å². The molecular formula is H3NO16P4Zr3. The van der Waals surface area contributed by atoms with Gasteiger partial charge in [-0.3, -0.25) is 0 Å². The average molecular weight is 671 g/mol. The molecule has 0 aromatic heterocycles. The fourth-order valence-electron chi connectivity index (χ4n) is 0. The Balaban J connectivity index is -0.0000000225. The first-order chi connectivity index (χ1) is 8.00. The van der Waals surface area contributed by atoms with E-state index in [1.807, 2.05) is 0 Å². The van der Waals surface area contributed by atoms with Gasteiger partial charge in [0.05, 0.1) is 0 Å². The van der Waals surface area contributed by atoms with Crippen LogP contribution in [0.15, 0.2) is 0 Å². The van der Waals surface area contributed by atoms with Crippen molar-refractivity contribution in [2.45, 2.75) is 0 Å². The van der Waals surface area contributed by atoms with Crippen LogP contribution in [-0.2, 0) is 96.9 Å². The Morgan fingerprint density at radius 1 is 0.333 bits per heavy atom. The third-order valence-electron chi connectivity index (χ3n) is 0. The van der Waals surface area contributed by atoms with E-state index in [0.29, 0.717) is 0 Å². The molecule has 0 aliphatic carbocycles. The summed E-state index contributed by atoms with van der Waals surface area (Å²) in [4.78, 5) is 103. The molecule has 0 aromatic rings. The van der Waals surface area contributed by atoms with E-state index in [1.165, 1.54) is 0 Å². The fraction of sp³-hybridized carbons (Fsp3) is 0. The molecule has 0 fully saturated rings. The van der Waals surface area contributed by atoms with E-state index in [0.717, 1.165) is 0 Å². The van der Waals surface area contributed by atoms with Gasteiger partial charge in [0, 0.05) is 0 Å². The molecule has 0 spiro atoms. The van der Waals surface area contributed by atoms with Crippen molar-refractivity contribution < 1.29 is 156 Å². The number of phosphoric acid groups is 4. The summed E-state index contributed by atoms with van der Waals surface area (Å²) in [6, 6.07) is 0. The first-order valence-electron chi connectivity index (χ1n) is 2.92. The molecule has 24 heteroatoms. The van der Waals surface area contributed by atoms with Crippen LogP contribution < -0.4 is 64.9 Å². The second-order valence-electron chi connectivity index (χ2n) is 1.79. The molecule has 0 atom stereocenters. The van der Waals surface area contributed by atoms with Gasteiger partial charge in [-0.15, -0.1) is 0 Å². The summed E-state index contributed by atoms with van der Waals surface area (Å²) in [6.45, 7) is 0. The molecule has 0 aliphatic heterocycles. The number of hydrogen-bond acceptors (Lipinski definition) is 17. The van der Waals surface area contributed by atoms with E-state index in [1.54, 1.807) is 0 Å². The summed E-state index contributed by atoms with van der Waals surface area (Å²) < 4.78 is 34.2. The van der Waals surface area contributed by atoms with Crippen molar-refractivity contribution in [2.24, 2.45) is 0 Å². The molecule has 17 nitrogen and oxygen atoms in total. The predicted molar refractivity (Wildman–Crippen MR) is 35.4 cm³/mol. The molecule has 0 bridgehead atoms. The van der Waals surface area contributed by atoms with E-state index in [9.17, 15) is 0 Å². The zero-order valence-corrected chi connectivity index (χ0v) is 21.5. The standard InChI is InChI=1S/H3N.4H3O4P.3Zr/c;4*1-5(2,3)4;;;/h1H3;4*(H3,1,2,3,4);;;/q;;;;;3*+4/p-12. The summed E-state index contributed by atoms with van der Waals surface area (Å²) in [5.41, 5.74) is 0. The Hall–Kier alpha value is 3.05. The maximum absolute atomic E-state index is 8.55. The minimum Gasteiger partial charge on any atom is -0.822 e. The van der Waals surface area contributed by atoms with E-state index < -0.39 is 31.3 Å². The van der Waals surface area contributed by atoms with Gasteiger partial charge in [-0.05, 0) is 0 Å². The van der Waals surface area contributed by atoms with Crippen LogP contribution in [0, 0.1) is 0 Å². The van der Waals surface area contributed by atoms with Crippen LogP contribution in [0.2, 0.25) is 0 Å². The Labute approximate surface area is 191 Å². The molecule has 136 valence electrons. The van der Waals surface area contributed by atoms with E-state index in [2.05, 4.69) is 0 Å². The molecule has 0 heterocycles. The molecular weight excluding hydrogens is 668 g/mol. The summed E-state index contributed by atoms with van der Waals surface area (Å²) in [5, 5.41) is 0. The molecule has 0 amide bonds. The molecule has 24 heavy (non-hydrogen) atoms. The summed E-state index contributed by atoms with van der Waals surface area (Å²) >= 11 is 0. The Morgan fingerprint density at radius 3 is 0.333 bits per heavy atom. The van der Waals surface area contributed by atoms with Crippen LogP contribution in [0.25, 0.3) is 0 Å². The monoisotopic (exact) mass is 667 g/mol. The van der Waals surface area contributed by atoms with Crippen LogP contribution in [0.4, 0.5) is 0 Å². The normalized spacial score (nSPS) is 9.83. The van der Waals surface area contributed by atoms with Gasteiger partial charge in [0.15, 0.2) is 0 Å². The molecule has 0 saturated heterocycles. The van der Waals surface area contributed by atoms with Gasteiger partial charge in [0.25, 0.3) is 0 Å². The first-order valence-corrected chi connectivity index (χ1v) is 8.76. The van der Waals surface area contributed by atoms with Crippen molar-refractivity contribution in [1.29, 1.82) is 0 Å². The van der Waals surface area contributed by atoms with Crippen molar-refractivity contribution in [1.82, 2.24) is 6.15 Å². The smallest absolute Gasteiger partial charge is 0.822 e. The van der Waals surface area contributed by atoms with Crippen LogP contribution in [0.1, 0.15) is 0 Å². The molecule has 0 saturated carbocycles. The Kier molecular flexibility index (Phi) is 47.1. The minimum atomic E-state index is -5.39. The van der Waals surface area contributed by atoms with Crippen molar-refractivity contribution in [3.63, 3.8) is 0 Å². The third kappa shape index (κ3) is 1560. The van der Waals surface area contributed by atoms with Gasteiger partial charge in [-0.1, -0.05) is 0 Å². The maximum Gasteiger partial charge on any atom is 4.00 e. The second-order valence-corrected chi connectivity index (χ2v) is 5.37. The zero-order valence-electron chi connectivity index (χ0n) is 10.5. The largest absolute Gasteiger partial charge is 4.00 e. The number of rotatable bonds is 0. The summed E-state index contributed by atoms with van der Waals surface area (Å²) in [5.74, 6) is 0. The predicted octanol–water partition coefficient (Wildman–Crippen LogP) is -11.1.